The van der Waals surface area contributed by atoms with Crippen molar-refractivity contribution in [1.29, 1.82) is 0 Å². The number of carbonyl (C=O) groups excluding carboxylic acids is 1. The molecule has 0 aliphatic heterocycles. The molecule has 0 amide bonds. The molecular weight excluding hydrogens is 358 g/mol. The summed E-state index contributed by atoms with van der Waals surface area (Å²) in [5.74, 6) is 0.239. The maximum absolute atomic E-state index is 12.2. The molecule has 1 N–H and O–H groups in total. The summed E-state index contributed by atoms with van der Waals surface area (Å²) in [6.07, 6.45) is 0. The SMILES string of the molecule is CCOC(=O)c1sc2nc(Cl)nc(Nc3ccc(C)cc3C)c2c1C. The summed E-state index contributed by atoms with van der Waals surface area (Å²) in [5.41, 5.74) is 4.01. The molecule has 0 saturated heterocycles. The van der Waals surface area contributed by atoms with Crippen LogP contribution in [0.2, 0.25) is 5.28 Å². The van der Waals surface area contributed by atoms with Gasteiger partial charge in [-0.1, -0.05) is 17.7 Å². The summed E-state index contributed by atoms with van der Waals surface area (Å²) in [5, 5.41) is 4.25. The smallest absolute Gasteiger partial charge is 0.348 e. The number of fused-ring (bicyclic) bond motifs is 1. The van der Waals surface area contributed by atoms with Crippen LogP contribution in [0.3, 0.4) is 0 Å². The molecule has 0 aliphatic rings. The first-order valence-corrected chi connectivity index (χ1v) is 9.08. The number of esters is 1. The second-order valence-electron chi connectivity index (χ2n) is 5.74. The summed E-state index contributed by atoms with van der Waals surface area (Å²) >= 11 is 7.35. The fourth-order valence-corrected chi connectivity index (χ4v) is 3.97. The summed E-state index contributed by atoms with van der Waals surface area (Å²) in [6.45, 7) is 8.05. The Kier molecular flexibility index (Phi) is 4.92. The number of nitrogens with one attached hydrogen (secondary N) is 1. The molecule has 7 heteroatoms. The average molecular weight is 376 g/mol. The second kappa shape index (κ2) is 6.98. The van der Waals surface area contributed by atoms with Gasteiger partial charge in [-0.2, -0.15) is 4.98 Å². The number of halogens is 1. The molecule has 0 bridgehead atoms. The van der Waals surface area contributed by atoms with Gasteiger partial charge in [0, 0.05) is 5.69 Å². The highest BCUT2D eigenvalue weighted by Gasteiger charge is 2.21. The molecule has 0 saturated carbocycles. The van der Waals surface area contributed by atoms with E-state index < -0.39 is 0 Å². The Hall–Kier alpha value is -2.18. The molecule has 130 valence electrons. The van der Waals surface area contributed by atoms with E-state index in [2.05, 4.69) is 21.4 Å². The molecule has 0 spiro atoms. The Labute approximate surface area is 155 Å². The van der Waals surface area contributed by atoms with Gasteiger partial charge < -0.3 is 10.1 Å². The largest absolute Gasteiger partial charge is 0.462 e. The predicted molar refractivity (Wildman–Crippen MR) is 102 cm³/mol. The Bertz CT molecular complexity index is 969. The van der Waals surface area contributed by atoms with E-state index in [4.69, 9.17) is 16.3 Å². The van der Waals surface area contributed by atoms with E-state index in [1.807, 2.05) is 32.9 Å². The monoisotopic (exact) mass is 375 g/mol. The third kappa shape index (κ3) is 3.45. The van der Waals surface area contributed by atoms with Crippen LogP contribution in [0.25, 0.3) is 10.2 Å². The van der Waals surface area contributed by atoms with Gasteiger partial charge in [-0.25, -0.2) is 9.78 Å². The van der Waals surface area contributed by atoms with Crippen LogP contribution in [0.5, 0.6) is 0 Å². The first-order chi connectivity index (χ1) is 11.9. The van der Waals surface area contributed by atoms with Gasteiger partial charge in [0.05, 0.1) is 12.0 Å². The molecular formula is C18H18ClN3O2S. The van der Waals surface area contributed by atoms with E-state index in [-0.39, 0.29) is 11.3 Å². The zero-order chi connectivity index (χ0) is 18.1. The number of ether oxygens (including phenoxy) is 1. The lowest BCUT2D eigenvalue weighted by molar-refractivity contribution is 0.0531. The molecule has 0 aliphatic carbocycles. The highest BCUT2D eigenvalue weighted by atomic mass is 35.5. The predicted octanol–water partition coefficient (Wildman–Crippen LogP) is 5.19. The molecule has 1 aromatic carbocycles. The third-order valence-corrected chi connectivity index (χ3v) is 5.19. The van der Waals surface area contributed by atoms with Crippen molar-refractivity contribution in [2.45, 2.75) is 27.7 Å². The normalized spacial score (nSPS) is 10.9. The first-order valence-electron chi connectivity index (χ1n) is 7.88. The van der Waals surface area contributed by atoms with Crippen molar-refractivity contribution >= 4 is 50.6 Å². The van der Waals surface area contributed by atoms with E-state index in [0.717, 1.165) is 22.2 Å². The number of benzene rings is 1. The van der Waals surface area contributed by atoms with Crippen LogP contribution in [0, 0.1) is 20.8 Å². The molecule has 3 aromatic rings. The number of nitrogens with zero attached hydrogens (tertiary/aromatic N) is 2. The molecule has 0 radical (unpaired) electrons. The van der Waals surface area contributed by atoms with Crippen molar-refractivity contribution < 1.29 is 9.53 Å². The summed E-state index contributed by atoms with van der Waals surface area (Å²) in [7, 11) is 0. The molecule has 2 aromatic heterocycles. The Balaban J connectivity index is 2.12. The van der Waals surface area contributed by atoms with Gasteiger partial charge in [-0.05, 0) is 56.5 Å². The quantitative estimate of drug-likeness (QED) is 0.502. The van der Waals surface area contributed by atoms with E-state index in [9.17, 15) is 4.79 Å². The van der Waals surface area contributed by atoms with Gasteiger partial charge in [0.15, 0.2) is 0 Å². The number of aromatic nitrogens is 2. The van der Waals surface area contributed by atoms with Gasteiger partial charge >= 0.3 is 5.97 Å². The van der Waals surface area contributed by atoms with Crippen LogP contribution in [0.4, 0.5) is 11.5 Å². The zero-order valence-electron chi connectivity index (χ0n) is 14.4. The summed E-state index contributed by atoms with van der Waals surface area (Å²) in [4.78, 5) is 22.0. The van der Waals surface area contributed by atoms with Crippen LogP contribution < -0.4 is 5.32 Å². The molecule has 0 unspecified atom stereocenters. The Morgan fingerprint density at radius 3 is 2.72 bits per heavy atom. The van der Waals surface area contributed by atoms with Gasteiger partial charge in [0.25, 0.3) is 0 Å². The lowest BCUT2D eigenvalue weighted by Crippen LogP contribution is -2.04. The Morgan fingerprint density at radius 2 is 2.04 bits per heavy atom. The fourth-order valence-electron chi connectivity index (χ4n) is 2.68. The second-order valence-corrected chi connectivity index (χ2v) is 7.08. The summed E-state index contributed by atoms with van der Waals surface area (Å²) in [6, 6.07) is 6.12. The summed E-state index contributed by atoms with van der Waals surface area (Å²) < 4.78 is 5.13. The Morgan fingerprint density at radius 1 is 1.28 bits per heavy atom. The topological polar surface area (TPSA) is 64.1 Å². The highest BCUT2D eigenvalue weighted by molar-refractivity contribution is 7.20. The van der Waals surface area contributed by atoms with E-state index >= 15 is 0 Å². The lowest BCUT2D eigenvalue weighted by atomic mass is 10.1. The minimum Gasteiger partial charge on any atom is -0.462 e. The standard InChI is InChI=1S/C18H18ClN3O2S/c1-5-24-17(23)14-11(4)13-15(21-18(19)22-16(13)25-14)20-12-7-6-9(2)8-10(12)3/h6-8H,5H2,1-4H3,(H,20,21,22). The molecule has 2 heterocycles. The van der Waals surface area contributed by atoms with Crippen molar-refractivity contribution in [2.24, 2.45) is 0 Å². The number of aryl methyl sites for hydroxylation is 3. The van der Waals surface area contributed by atoms with Crippen molar-refractivity contribution in [3.63, 3.8) is 0 Å². The van der Waals surface area contributed by atoms with Gasteiger partial charge in [-0.3, -0.25) is 0 Å². The van der Waals surface area contributed by atoms with Crippen molar-refractivity contribution in [3.05, 3.63) is 45.1 Å². The number of anilines is 2. The van der Waals surface area contributed by atoms with Crippen LogP contribution >= 0.6 is 22.9 Å². The van der Waals surface area contributed by atoms with Gasteiger partial charge in [-0.15, -0.1) is 11.3 Å². The first kappa shape index (κ1) is 17.6. The molecule has 3 rings (SSSR count). The maximum atomic E-state index is 12.2. The lowest BCUT2D eigenvalue weighted by Gasteiger charge is -2.11. The van der Waals surface area contributed by atoms with Crippen LogP contribution in [-0.4, -0.2) is 22.5 Å². The fraction of sp³-hybridized carbons (Fsp3) is 0.278. The minimum atomic E-state index is -0.350. The third-order valence-electron chi connectivity index (χ3n) is 3.86. The van der Waals surface area contributed by atoms with Crippen LogP contribution in [0.1, 0.15) is 33.3 Å². The number of hydrogen-bond donors (Lipinski definition) is 1. The van der Waals surface area contributed by atoms with E-state index in [1.54, 1.807) is 6.92 Å². The molecule has 5 nitrogen and oxygen atoms in total. The van der Waals surface area contributed by atoms with Gasteiger partial charge in [0.1, 0.15) is 15.5 Å². The molecule has 25 heavy (non-hydrogen) atoms. The van der Waals surface area contributed by atoms with Gasteiger partial charge in [0.2, 0.25) is 5.28 Å². The van der Waals surface area contributed by atoms with Crippen LogP contribution in [0.15, 0.2) is 18.2 Å². The minimum absolute atomic E-state index is 0.136. The van der Waals surface area contributed by atoms with Crippen LogP contribution in [-0.2, 0) is 4.74 Å². The molecule has 0 fully saturated rings. The van der Waals surface area contributed by atoms with Crippen molar-refractivity contribution in [2.75, 3.05) is 11.9 Å². The number of hydrogen-bond acceptors (Lipinski definition) is 6. The number of carbonyl (C=O) groups is 1. The van der Waals surface area contributed by atoms with Crippen molar-refractivity contribution in [3.8, 4) is 0 Å². The van der Waals surface area contributed by atoms with E-state index in [0.29, 0.717) is 22.1 Å². The highest BCUT2D eigenvalue weighted by Crippen LogP contribution is 2.36. The average Bonchev–Trinajstić information content (AvgIpc) is 2.87. The maximum Gasteiger partial charge on any atom is 0.348 e. The number of rotatable bonds is 4. The molecule has 0 atom stereocenters. The number of thiophene rings is 1. The zero-order valence-corrected chi connectivity index (χ0v) is 16.0. The van der Waals surface area contributed by atoms with E-state index in [1.165, 1.54) is 16.9 Å². The van der Waals surface area contributed by atoms with Crippen molar-refractivity contribution in [1.82, 2.24) is 9.97 Å².